The van der Waals surface area contributed by atoms with E-state index in [0.29, 0.717) is 6.42 Å². The van der Waals surface area contributed by atoms with Gasteiger partial charge in [-0.15, -0.1) is 0 Å². The first-order valence-electron chi connectivity index (χ1n) is 6.24. The topological polar surface area (TPSA) is 49.4 Å². The lowest BCUT2D eigenvalue weighted by molar-refractivity contribution is -0.141. The van der Waals surface area contributed by atoms with Crippen molar-refractivity contribution in [3.05, 3.63) is 0 Å². The molecule has 0 aromatic heterocycles. The molecule has 1 aliphatic heterocycles. The molecule has 92 valence electrons. The summed E-state index contributed by atoms with van der Waals surface area (Å²) in [6.07, 6.45) is 2.99. The number of carbonyl (C=O) groups excluding carboxylic acids is 2. The van der Waals surface area contributed by atoms with Crippen molar-refractivity contribution in [3.63, 3.8) is 0 Å². The van der Waals surface area contributed by atoms with E-state index in [2.05, 4.69) is 5.32 Å². The van der Waals surface area contributed by atoms with Gasteiger partial charge < -0.3 is 5.32 Å². The quantitative estimate of drug-likeness (QED) is 0.695. The molecule has 1 atom stereocenters. The smallest absolute Gasteiger partial charge is 0.247 e. The van der Waals surface area contributed by atoms with Crippen LogP contribution in [0.2, 0.25) is 0 Å². The van der Waals surface area contributed by atoms with Crippen LogP contribution in [0.25, 0.3) is 0 Å². The van der Waals surface area contributed by atoms with Crippen LogP contribution in [0.15, 0.2) is 0 Å². The second kappa shape index (κ2) is 5.99. The summed E-state index contributed by atoms with van der Waals surface area (Å²) in [6.45, 7) is 6.87. The van der Waals surface area contributed by atoms with Crippen molar-refractivity contribution in [3.8, 4) is 0 Å². The number of hydrogen-bond acceptors (Lipinski definition) is 3. The second-order valence-electron chi connectivity index (χ2n) is 4.28. The van der Waals surface area contributed by atoms with Gasteiger partial charge >= 0.3 is 0 Å². The highest BCUT2D eigenvalue weighted by Gasteiger charge is 2.40. The van der Waals surface area contributed by atoms with Crippen LogP contribution in [0.1, 0.15) is 46.5 Å². The van der Waals surface area contributed by atoms with Crippen molar-refractivity contribution in [1.82, 2.24) is 10.2 Å². The summed E-state index contributed by atoms with van der Waals surface area (Å²) in [5, 5.41) is 3.13. The van der Waals surface area contributed by atoms with E-state index in [-0.39, 0.29) is 23.9 Å². The van der Waals surface area contributed by atoms with Gasteiger partial charge in [0.1, 0.15) is 0 Å². The summed E-state index contributed by atoms with van der Waals surface area (Å²) in [7, 11) is 0. The predicted molar refractivity (Wildman–Crippen MR) is 62.9 cm³/mol. The molecule has 1 heterocycles. The lowest BCUT2D eigenvalue weighted by Crippen LogP contribution is -2.43. The highest BCUT2D eigenvalue weighted by atomic mass is 16.2. The maximum atomic E-state index is 12.0. The number of imide groups is 1. The van der Waals surface area contributed by atoms with Gasteiger partial charge in [0.05, 0.1) is 12.5 Å². The zero-order valence-electron chi connectivity index (χ0n) is 10.5. The van der Waals surface area contributed by atoms with Crippen LogP contribution in [0.5, 0.6) is 0 Å². The van der Waals surface area contributed by atoms with Crippen molar-refractivity contribution in [2.24, 2.45) is 0 Å². The Morgan fingerprint density at radius 2 is 1.94 bits per heavy atom. The van der Waals surface area contributed by atoms with Gasteiger partial charge in [0, 0.05) is 6.04 Å². The monoisotopic (exact) mass is 226 g/mol. The summed E-state index contributed by atoms with van der Waals surface area (Å²) < 4.78 is 0. The molecular formula is C12H22N2O2. The SMILES string of the molecule is CCCNC1CC(=O)N(C(CC)CC)C1=O. The normalized spacial score (nSPS) is 21.2. The minimum Gasteiger partial charge on any atom is -0.305 e. The van der Waals surface area contributed by atoms with Gasteiger partial charge in [-0.1, -0.05) is 20.8 Å². The predicted octanol–water partition coefficient (Wildman–Crippen LogP) is 1.30. The molecule has 0 aromatic rings. The van der Waals surface area contributed by atoms with Crippen molar-refractivity contribution in [2.75, 3.05) is 6.54 Å². The third kappa shape index (κ3) is 2.61. The number of nitrogens with one attached hydrogen (secondary N) is 1. The van der Waals surface area contributed by atoms with Crippen molar-refractivity contribution < 1.29 is 9.59 Å². The molecule has 1 fully saturated rings. The summed E-state index contributed by atoms with van der Waals surface area (Å²) in [5.41, 5.74) is 0. The minimum atomic E-state index is -0.284. The van der Waals surface area contributed by atoms with E-state index in [1.54, 1.807) is 0 Å². The zero-order valence-corrected chi connectivity index (χ0v) is 10.5. The first-order valence-corrected chi connectivity index (χ1v) is 6.24. The van der Waals surface area contributed by atoms with E-state index >= 15 is 0 Å². The largest absolute Gasteiger partial charge is 0.305 e. The number of nitrogens with zero attached hydrogens (tertiary/aromatic N) is 1. The third-order valence-electron chi connectivity index (χ3n) is 3.13. The second-order valence-corrected chi connectivity index (χ2v) is 4.28. The third-order valence-corrected chi connectivity index (χ3v) is 3.13. The number of rotatable bonds is 6. The highest BCUT2D eigenvalue weighted by Crippen LogP contribution is 2.19. The molecule has 1 unspecified atom stereocenters. The fraction of sp³-hybridized carbons (Fsp3) is 0.833. The summed E-state index contributed by atoms with van der Waals surface area (Å²) in [4.78, 5) is 25.3. The highest BCUT2D eigenvalue weighted by molar-refractivity contribution is 6.05. The van der Waals surface area contributed by atoms with E-state index in [1.165, 1.54) is 4.90 Å². The molecule has 1 rings (SSSR count). The van der Waals surface area contributed by atoms with Gasteiger partial charge in [-0.2, -0.15) is 0 Å². The van der Waals surface area contributed by atoms with Crippen molar-refractivity contribution in [2.45, 2.75) is 58.5 Å². The van der Waals surface area contributed by atoms with Crippen molar-refractivity contribution in [1.29, 1.82) is 0 Å². The van der Waals surface area contributed by atoms with E-state index in [0.717, 1.165) is 25.8 Å². The van der Waals surface area contributed by atoms with Gasteiger partial charge in [0.2, 0.25) is 11.8 Å². The first-order chi connectivity index (χ1) is 7.65. The van der Waals surface area contributed by atoms with Crippen LogP contribution >= 0.6 is 0 Å². The van der Waals surface area contributed by atoms with Crippen LogP contribution in [0.4, 0.5) is 0 Å². The van der Waals surface area contributed by atoms with Crippen LogP contribution in [0.3, 0.4) is 0 Å². The van der Waals surface area contributed by atoms with Crippen LogP contribution in [-0.2, 0) is 9.59 Å². The van der Waals surface area contributed by atoms with E-state index < -0.39 is 0 Å². The molecule has 1 aliphatic rings. The fourth-order valence-electron chi connectivity index (χ4n) is 2.17. The Labute approximate surface area is 97.4 Å². The fourth-order valence-corrected chi connectivity index (χ4v) is 2.17. The number of carbonyl (C=O) groups is 2. The average molecular weight is 226 g/mol. The van der Waals surface area contributed by atoms with E-state index in [1.807, 2.05) is 20.8 Å². The lowest BCUT2D eigenvalue weighted by atomic mass is 10.1. The number of amides is 2. The Balaban J connectivity index is 2.66. The molecule has 4 nitrogen and oxygen atoms in total. The van der Waals surface area contributed by atoms with Gasteiger partial charge in [0.15, 0.2) is 0 Å². The number of hydrogen-bond donors (Lipinski definition) is 1. The molecule has 0 aromatic carbocycles. The van der Waals surface area contributed by atoms with Crippen LogP contribution < -0.4 is 5.32 Å². The molecule has 1 N–H and O–H groups in total. The standard InChI is InChI=1S/C12H22N2O2/c1-4-7-13-10-8-11(15)14(12(10)16)9(5-2)6-3/h9-10,13H,4-8H2,1-3H3. The van der Waals surface area contributed by atoms with Crippen LogP contribution in [0, 0.1) is 0 Å². The lowest BCUT2D eigenvalue weighted by Gasteiger charge is -2.24. The molecule has 0 aliphatic carbocycles. The van der Waals surface area contributed by atoms with Crippen LogP contribution in [-0.4, -0.2) is 35.3 Å². The number of likely N-dealkylation sites (tertiary alicyclic amines) is 1. The Hall–Kier alpha value is -0.900. The average Bonchev–Trinajstić information content (AvgIpc) is 2.55. The van der Waals surface area contributed by atoms with Crippen molar-refractivity contribution >= 4 is 11.8 Å². The summed E-state index contributed by atoms with van der Waals surface area (Å²) in [5.74, 6) is -0.0561. The maximum Gasteiger partial charge on any atom is 0.247 e. The van der Waals surface area contributed by atoms with E-state index in [4.69, 9.17) is 0 Å². The molecule has 16 heavy (non-hydrogen) atoms. The molecule has 0 spiro atoms. The first kappa shape index (κ1) is 13.2. The van der Waals surface area contributed by atoms with Gasteiger partial charge in [-0.3, -0.25) is 14.5 Å². The molecule has 1 saturated heterocycles. The minimum absolute atomic E-state index is 0.0210. The van der Waals surface area contributed by atoms with Gasteiger partial charge in [0.25, 0.3) is 0 Å². The van der Waals surface area contributed by atoms with Gasteiger partial charge in [-0.25, -0.2) is 0 Å². The Bertz CT molecular complexity index is 262. The molecule has 4 heteroatoms. The molecule has 2 amide bonds. The summed E-state index contributed by atoms with van der Waals surface area (Å²) in [6, 6.07) is -0.207. The summed E-state index contributed by atoms with van der Waals surface area (Å²) >= 11 is 0. The Kier molecular flexibility index (Phi) is 4.93. The zero-order chi connectivity index (χ0) is 12.1. The van der Waals surface area contributed by atoms with Gasteiger partial charge in [-0.05, 0) is 25.8 Å². The Morgan fingerprint density at radius 3 is 2.44 bits per heavy atom. The molecular weight excluding hydrogens is 204 g/mol. The molecule has 0 radical (unpaired) electrons. The maximum absolute atomic E-state index is 12.0. The van der Waals surface area contributed by atoms with E-state index in [9.17, 15) is 9.59 Å². The molecule has 0 bridgehead atoms. The molecule has 0 saturated carbocycles. The Morgan fingerprint density at radius 1 is 1.31 bits per heavy atom.